The predicted octanol–water partition coefficient (Wildman–Crippen LogP) is -8.85. The van der Waals surface area contributed by atoms with Gasteiger partial charge in [-0.25, -0.2) is 0 Å². The zero-order valence-corrected chi connectivity index (χ0v) is 57.6. The maximum atomic E-state index is 12.3. The van der Waals surface area contributed by atoms with Gasteiger partial charge in [-0.2, -0.15) is 11.8 Å². The molecule has 0 radical (unpaired) electrons. The Morgan fingerprint density at radius 1 is 0.531 bits per heavy atom. The van der Waals surface area contributed by atoms with Crippen molar-refractivity contribution in [2.75, 3.05) is 109 Å². The lowest BCUT2D eigenvalue weighted by molar-refractivity contribution is -0.266. The van der Waals surface area contributed by atoms with Crippen molar-refractivity contribution >= 4 is 39.4 Å². The molecule has 2 bridgehead atoms. The van der Waals surface area contributed by atoms with E-state index in [2.05, 4.69) is 63.8 Å². The largest absolute Gasteiger partial charge is 0.378 e. The smallest absolute Gasteiger partial charge is 0.153 e. The maximum Gasteiger partial charge on any atom is 0.153 e. The normalized spacial score (nSPS) is 28.9. The second-order valence-electron chi connectivity index (χ2n) is 23.6. The van der Waals surface area contributed by atoms with Gasteiger partial charge in [0, 0.05) is 61.2 Å². The topological polar surface area (TPSA) is 586 Å². The van der Waals surface area contributed by atoms with E-state index in [0.29, 0.717) is 50.0 Å². The fourth-order valence-corrected chi connectivity index (χ4v) is 13.7. The molecule has 0 spiro atoms. The van der Waals surface area contributed by atoms with Gasteiger partial charge in [-0.3, -0.25) is 74.2 Å². The molecule has 0 amide bonds. The number of aliphatic hydroxyl groups is 14. The highest BCUT2D eigenvalue weighted by molar-refractivity contribution is 8.76. The lowest BCUT2D eigenvalue weighted by atomic mass is 10.0. The van der Waals surface area contributed by atoms with Crippen LogP contribution in [0.15, 0.2) is 60.8 Å². The number of ether oxygens (including phenoxy) is 4. The Morgan fingerprint density at radius 2 is 1.10 bits per heavy atom. The van der Waals surface area contributed by atoms with E-state index in [1.54, 1.807) is 36.4 Å². The van der Waals surface area contributed by atoms with Crippen LogP contribution >= 0.6 is 33.3 Å². The van der Waals surface area contributed by atoms with Crippen LogP contribution in [0.1, 0.15) is 61.4 Å². The van der Waals surface area contributed by atoms with Crippen molar-refractivity contribution in [2.24, 2.45) is 17.2 Å². The van der Waals surface area contributed by atoms with Gasteiger partial charge in [0.05, 0.1) is 89.3 Å². The van der Waals surface area contributed by atoms with Gasteiger partial charge in [-0.05, 0) is 68.0 Å². The maximum absolute atomic E-state index is 12.3. The van der Waals surface area contributed by atoms with Gasteiger partial charge in [0.1, 0.15) is 81.0 Å². The van der Waals surface area contributed by atoms with Gasteiger partial charge in [0.2, 0.25) is 0 Å². The van der Waals surface area contributed by atoms with E-state index in [9.17, 15) is 66.4 Å². The van der Waals surface area contributed by atoms with Crippen molar-refractivity contribution in [1.82, 2.24) is 69.0 Å². The molecule has 2 saturated heterocycles. The van der Waals surface area contributed by atoms with Crippen LogP contribution in [0.2, 0.25) is 0 Å². The molecule has 34 N–H and O–H groups in total. The lowest BCUT2D eigenvalue weighted by Gasteiger charge is -2.36. The summed E-state index contributed by atoms with van der Waals surface area (Å²) in [5.41, 5.74) is 18.6. The Bertz CT molecular complexity index is 2320. The van der Waals surface area contributed by atoms with Gasteiger partial charge in [0.25, 0.3) is 0 Å². The van der Waals surface area contributed by atoms with E-state index in [4.69, 9.17) is 51.7 Å². The van der Waals surface area contributed by atoms with E-state index < -0.39 is 136 Å². The molecule has 2 heterocycles. The molecule has 0 aliphatic carbocycles. The first-order valence-corrected chi connectivity index (χ1v) is 36.5. The number of hydrogen-bond donors (Lipinski definition) is 31. The van der Waals surface area contributed by atoms with E-state index in [1.165, 1.54) is 39.4 Å². The summed E-state index contributed by atoms with van der Waals surface area (Å²) in [6, 6.07) is 8.43. The van der Waals surface area contributed by atoms with Crippen molar-refractivity contribution in [1.29, 1.82) is 0 Å². The number of nitrogens with one attached hydrogen (secondary N) is 12. The fourth-order valence-electron chi connectivity index (χ4n) is 10.2. The number of rotatable bonds is 37. The van der Waals surface area contributed by atoms with Crippen LogP contribution in [0, 0.1) is 0 Å². The number of hydrogen-bond acceptors (Lipinski definition) is 39. The average Bonchev–Trinajstić information content (AvgIpc) is 1.24. The Balaban J connectivity index is 1.62. The van der Waals surface area contributed by atoms with Crippen molar-refractivity contribution in [3.63, 3.8) is 0 Å². The first-order valence-electron chi connectivity index (χ1n) is 32.9. The number of unbranched alkanes of at least 4 members (excludes halogenated alkanes) is 1. The summed E-state index contributed by atoms with van der Waals surface area (Å²) in [6.45, 7) is 1.93. The first kappa shape index (κ1) is 88.0. The minimum atomic E-state index is -1.99. The number of nitrogens with zero attached hydrogens (tertiary/aromatic N) is 1. The summed E-state index contributed by atoms with van der Waals surface area (Å²) in [6.07, 6.45) is -15.8. The van der Waals surface area contributed by atoms with Gasteiger partial charge in [-0.1, -0.05) is 82.6 Å². The third-order valence-electron chi connectivity index (χ3n) is 15.4. The van der Waals surface area contributed by atoms with Gasteiger partial charge in [-0.15, -0.1) is 5.23 Å². The molecular formula is C59H114N16O20S3. The molecule has 0 saturated carbocycles. The number of β-amino-alcohol motifs (C(OH)–C–C–N with tert-alkyl or cyclic N) is 1. The van der Waals surface area contributed by atoms with Gasteiger partial charge >= 0.3 is 0 Å². The van der Waals surface area contributed by atoms with Crippen LogP contribution in [0.3, 0.4) is 0 Å². The average molecular weight is 1460 g/mol. The predicted molar refractivity (Wildman–Crippen MR) is 368 cm³/mol. The molecule has 2 aliphatic rings. The minimum absolute atomic E-state index is 0.0228. The third-order valence-corrected chi connectivity index (χ3v) is 19.0. The SMILES string of the molecule is NC(N)NCCC[C@@H]1N[C@@H](O)[C@@H]2CSSC[C@H](N[C@H](O)[C@H](CC(O)O)N[C@@H](O)CN[C@@H]1O)[C@H](O)N[C@@H](Cc1ccccc1)[C@@H](O)N[C@H]([C@H](O)NCCOCCOCCOCCN[C@H](O)COC[C@@H](N)O)CSC[C@H](O)N[C@@H](CCCCN[C@H](O)c1ccc(/C=C/N(O)O)cc1)[C@@H](O)N2. The number of hydroxylamine groups is 2. The summed E-state index contributed by atoms with van der Waals surface area (Å²) in [4.78, 5) is 0. The number of nitrogens with two attached hydrogens (primary N) is 3. The van der Waals surface area contributed by atoms with Crippen molar-refractivity contribution in [3.8, 4) is 0 Å². The number of benzene rings is 2. The molecule has 36 nitrogen and oxygen atoms in total. The fraction of sp³-hybridized carbons (Fsp3) is 0.763. The van der Waals surface area contributed by atoms with Crippen LogP contribution in [0.4, 0.5) is 0 Å². The highest BCUT2D eigenvalue weighted by Crippen LogP contribution is 2.26. The quantitative estimate of drug-likeness (QED) is 0.0129. The molecule has 19 atom stereocenters. The molecule has 0 unspecified atom stereocenters. The van der Waals surface area contributed by atoms with E-state index >= 15 is 0 Å². The van der Waals surface area contributed by atoms with Crippen LogP contribution in [-0.2, 0) is 25.4 Å². The van der Waals surface area contributed by atoms with Crippen molar-refractivity contribution < 1.29 is 101 Å². The summed E-state index contributed by atoms with van der Waals surface area (Å²) in [5, 5.41) is 212. The molecule has 2 aliphatic heterocycles. The van der Waals surface area contributed by atoms with E-state index in [0.717, 1.165) is 11.8 Å². The standard InChI is InChI=1S/C59H114N16O20S3/c60-46(76)30-95-31-48(78)63-18-21-92-23-25-94-26-24-93-22-19-65-53(84)43-32-96-35-49(79)68-40(9-4-5-16-64-51(82)38-13-11-36(12-14-38)15-20-75(90)91)54(85)73-44-33-97-98-34-45(58(89)71-41(55(86)72-43)27-37-7-2-1-3-8-37)74-56(87)42(28-50(80)81)69-47(77)29-67-52(83)39(70-57(44)88)10-6-17-66-59(61)62/h1-3,7-8,11-15,20,39-59,63-74,76-91H,4-6,9-10,16-19,21-35,60-62H2/b20-15+/t39-,40-,41-,42-,43-,44-,45-,46-,47-,48+,49-,51+,52+,53-,54+,55+,56+,57-,58-/m0/s1. The number of thioether (sulfide) groups is 1. The number of fused-ring (bicyclic) bond motifs is 5. The highest BCUT2D eigenvalue weighted by atomic mass is 33.1. The summed E-state index contributed by atoms with van der Waals surface area (Å²) in [5.74, 6) is 0.0287. The van der Waals surface area contributed by atoms with E-state index in [1.807, 2.05) is 18.2 Å². The zero-order chi connectivity index (χ0) is 71.6. The Kier molecular flexibility index (Phi) is 46.5. The van der Waals surface area contributed by atoms with Crippen molar-refractivity contribution in [2.45, 2.75) is 175 Å². The van der Waals surface area contributed by atoms with Crippen LogP contribution in [-0.4, -0.2) is 319 Å². The summed E-state index contributed by atoms with van der Waals surface area (Å²) >= 11 is 1.20. The summed E-state index contributed by atoms with van der Waals surface area (Å²) in [7, 11) is 2.39. The second kappa shape index (κ2) is 51.7. The Hall–Kier alpha value is -2.37. The molecular weight excluding hydrogens is 1350 g/mol. The molecule has 39 heteroatoms. The molecule has 4 rings (SSSR count). The summed E-state index contributed by atoms with van der Waals surface area (Å²) < 4.78 is 21.9. The number of aliphatic hydroxyl groups excluding tert-OH is 13. The van der Waals surface area contributed by atoms with Gasteiger partial charge in [0.15, 0.2) is 6.29 Å². The molecule has 568 valence electrons. The van der Waals surface area contributed by atoms with E-state index in [-0.39, 0.29) is 113 Å². The zero-order valence-electron chi connectivity index (χ0n) is 55.1. The molecule has 2 aromatic carbocycles. The van der Waals surface area contributed by atoms with Crippen LogP contribution < -0.4 is 81.0 Å². The monoisotopic (exact) mass is 1460 g/mol. The minimum Gasteiger partial charge on any atom is -0.378 e. The Morgan fingerprint density at radius 3 is 1.72 bits per heavy atom. The van der Waals surface area contributed by atoms with Gasteiger partial charge < -0.3 is 108 Å². The molecule has 2 fully saturated rings. The lowest BCUT2D eigenvalue weighted by Crippen LogP contribution is -2.64. The molecule has 0 aromatic heterocycles. The highest BCUT2D eigenvalue weighted by Gasteiger charge is 2.36. The third kappa shape index (κ3) is 38.9. The molecule has 98 heavy (non-hydrogen) atoms. The molecule has 2 aromatic rings. The van der Waals surface area contributed by atoms with Crippen molar-refractivity contribution in [3.05, 3.63) is 77.5 Å². The van der Waals surface area contributed by atoms with Crippen LogP contribution in [0.5, 0.6) is 0 Å². The first-order chi connectivity index (χ1) is 47.0. The van der Waals surface area contributed by atoms with Crippen LogP contribution in [0.25, 0.3) is 6.08 Å². The Labute approximate surface area is 584 Å². The second-order valence-corrected chi connectivity index (χ2v) is 27.2.